The van der Waals surface area contributed by atoms with Crippen LogP contribution in [-0.4, -0.2) is 58.4 Å². The summed E-state index contributed by atoms with van der Waals surface area (Å²) in [5.41, 5.74) is 2.15. The number of rotatable bonds is 9. The minimum absolute atomic E-state index is 0.0720. The van der Waals surface area contributed by atoms with Crippen LogP contribution >= 0.6 is 0 Å². The lowest BCUT2D eigenvalue weighted by Gasteiger charge is -2.43. The van der Waals surface area contributed by atoms with Gasteiger partial charge in [-0.15, -0.1) is 0 Å². The van der Waals surface area contributed by atoms with Crippen LogP contribution in [0.4, 0.5) is 5.69 Å². The molecular formula is C28H34N6O3. The number of fused-ring (bicyclic) bond motifs is 1. The number of carbonyl (C=O) groups is 3. The number of benzene rings is 2. The molecule has 2 N–H and O–H groups in total. The number of nitrogens with zero attached hydrogens (tertiary/aromatic N) is 4. The average Bonchev–Trinajstić information content (AvgIpc) is 3.32. The third-order valence-electron chi connectivity index (χ3n) is 6.71. The molecule has 0 fully saturated rings. The van der Waals surface area contributed by atoms with Crippen LogP contribution in [0, 0.1) is 0 Å². The van der Waals surface area contributed by atoms with Gasteiger partial charge in [0.15, 0.2) is 5.69 Å². The fraction of sp³-hybridized carbons (Fsp3) is 0.357. The molecule has 2 heterocycles. The molecule has 0 radical (unpaired) electrons. The standard InChI is InChI=1S/C28H34N6O3/c1-5-15-34-26(36)24-23(25(35)29-16-21-11-13-22(14-12-21)32(3)4)31-19-33(24)18-28(34,2)27(37)30-17-20-9-7-6-8-10-20/h6-14,19H,5,15-18H2,1-4H3,(H,29,35)(H,30,37)/t28-/m0/s1. The lowest BCUT2D eigenvalue weighted by Crippen LogP contribution is -2.64. The fourth-order valence-corrected chi connectivity index (χ4v) is 4.57. The summed E-state index contributed by atoms with van der Waals surface area (Å²) in [5.74, 6) is -1.04. The molecule has 0 bridgehead atoms. The highest BCUT2D eigenvalue weighted by atomic mass is 16.2. The summed E-state index contributed by atoms with van der Waals surface area (Å²) in [5, 5.41) is 5.85. The summed E-state index contributed by atoms with van der Waals surface area (Å²) >= 11 is 0. The summed E-state index contributed by atoms with van der Waals surface area (Å²) in [4.78, 5) is 47.9. The van der Waals surface area contributed by atoms with E-state index in [1.54, 1.807) is 16.4 Å². The predicted molar refractivity (Wildman–Crippen MR) is 142 cm³/mol. The quantitative estimate of drug-likeness (QED) is 0.469. The molecule has 37 heavy (non-hydrogen) atoms. The van der Waals surface area contributed by atoms with Gasteiger partial charge in [-0.2, -0.15) is 0 Å². The first kappa shape index (κ1) is 25.9. The number of carbonyl (C=O) groups excluding carboxylic acids is 3. The Morgan fingerprint density at radius 1 is 1.00 bits per heavy atom. The van der Waals surface area contributed by atoms with Crippen LogP contribution in [0.3, 0.4) is 0 Å². The lowest BCUT2D eigenvalue weighted by atomic mass is 9.94. The molecule has 0 saturated heterocycles. The number of aromatic nitrogens is 2. The summed E-state index contributed by atoms with van der Waals surface area (Å²) in [6.07, 6.45) is 2.14. The van der Waals surface area contributed by atoms with E-state index in [1.807, 2.05) is 80.5 Å². The summed E-state index contributed by atoms with van der Waals surface area (Å²) in [7, 11) is 3.94. The third-order valence-corrected chi connectivity index (χ3v) is 6.71. The molecule has 0 spiro atoms. The molecule has 9 nitrogen and oxygen atoms in total. The summed E-state index contributed by atoms with van der Waals surface area (Å²) in [6.45, 7) is 4.99. The summed E-state index contributed by atoms with van der Waals surface area (Å²) < 4.78 is 1.62. The van der Waals surface area contributed by atoms with Crippen molar-refractivity contribution in [2.75, 3.05) is 25.5 Å². The van der Waals surface area contributed by atoms with Gasteiger partial charge in [0.05, 0.1) is 12.9 Å². The molecule has 194 valence electrons. The topological polar surface area (TPSA) is 99.6 Å². The Morgan fingerprint density at radius 3 is 2.30 bits per heavy atom. The van der Waals surface area contributed by atoms with Gasteiger partial charge < -0.3 is 25.0 Å². The van der Waals surface area contributed by atoms with Gasteiger partial charge in [0.1, 0.15) is 11.2 Å². The maximum Gasteiger partial charge on any atom is 0.273 e. The predicted octanol–water partition coefficient (Wildman–Crippen LogP) is 2.82. The van der Waals surface area contributed by atoms with Crippen molar-refractivity contribution in [3.8, 4) is 0 Å². The Morgan fingerprint density at radius 2 is 1.65 bits per heavy atom. The third kappa shape index (κ3) is 5.35. The van der Waals surface area contributed by atoms with Crippen molar-refractivity contribution >= 4 is 23.4 Å². The van der Waals surface area contributed by atoms with Crippen LogP contribution < -0.4 is 15.5 Å². The van der Waals surface area contributed by atoms with Gasteiger partial charge in [-0.25, -0.2) is 4.98 Å². The molecule has 0 saturated carbocycles. The van der Waals surface area contributed by atoms with Crippen molar-refractivity contribution in [1.29, 1.82) is 0 Å². The molecule has 1 aromatic heterocycles. The van der Waals surface area contributed by atoms with Gasteiger partial charge in [0.2, 0.25) is 5.91 Å². The molecular weight excluding hydrogens is 468 g/mol. The first-order chi connectivity index (χ1) is 17.7. The van der Waals surface area contributed by atoms with Crippen molar-refractivity contribution in [1.82, 2.24) is 25.1 Å². The molecule has 4 rings (SSSR count). The highest BCUT2D eigenvalue weighted by Crippen LogP contribution is 2.29. The maximum atomic E-state index is 13.7. The molecule has 3 aromatic rings. The molecule has 1 aliphatic rings. The highest BCUT2D eigenvalue weighted by Gasteiger charge is 2.48. The Hall–Kier alpha value is -4.14. The molecule has 3 amide bonds. The van der Waals surface area contributed by atoms with Crippen molar-refractivity contribution in [3.63, 3.8) is 0 Å². The van der Waals surface area contributed by atoms with Gasteiger partial charge in [0.25, 0.3) is 11.8 Å². The molecule has 0 unspecified atom stereocenters. The number of anilines is 1. The minimum Gasteiger partial charge on any atom is -0.378 e. The SMILES string of the molecule is CCCN1C(=O)c2c(C(=O)NCc3ccc(N(C)C)cc3)ncn2C[C@@]1(C)C(=O)NCc1ccccc1. The van der Waals surface area contributed by atoms with E-state index < -0.39 is 11.4 Å². The second-order valence-corrected chi connectivity index (χ2v) is 9.71. The summed E-state index contributed by atoms with van der Waals surface area (Å²) in [6, 6.07) is 17.5. The van der Waals surface area contributed by atoms with Gasteiger partial charge in [-0.3, -0.25) is 14.4 Å². The molecule has 9 heteroatoms. The molecule has 2 aromatic carbocycles. The van der Waals surface area contributed by atoms with Crippen LogP contribution in [0.2, 0.25) is 0 Å². The largest absolute Gasteiger partial charge is 0.378 e. The number of amides is 3. The van der Waals surface area contributed by atoms with E-state index in [1.165, 1.54) is 6.33 Å². The van der Waals surface area contributed by atoms with Gasteiger partial charge in [0, 0.05) is 39.4 Å². The zero-order valence-corrected chi connectivity index (χ0v) is 21.8. The minimum atomic E-state index is -1.11. The highest BCUT2D eigenvalue weighted by molar-refractivity contribution is 6.07. The first-order valence-electron chi connectivity index (χ1n) is 12.5. The van der Waals surface area contributed by atoms with Crippen LogP contribution in [0.1, 0.15) is 52.4 Å². The van der Waals surface area contributed by atoms with Gasteiger partial charge in [-0.05, 0) is 36.6 Å². The van der Waals surface area contributed by atoms with E-state index in [0.717, 1.165) is 16.8 Å². The number of hydrogen-bond donors (Lipinski definition) is 2. The monoisotopic (exact) mass is 502 g/mol. The van der Waals surface area contributed by atoms with Gasteiger partial charge >= 0.3 is 0 Å². The van der Waals surface area contributed by atoms with E-state index in [9.17, 15) is 14.4 Å². The smallest absolute Gasteiger partial charge is 0.273 e. The average molecular weight is 503 g/mol. The number of imidazole rings is 1. The number of nitrogens with one attached hydrogen (secondary N) is 2. The normalized spacial score (nSPS) is 16.8. The van der Waals surface area contributed by atoms with Crippen molar-refractivity contribution in [2.45, 2.75) is 45.4 Å². The Bertz CT molecular complexity index is 1270. The molecule has 1 aliphatic heterocycles. The molecule has 1 atom stereocenters. The maximum absolute atomic E-state index is 13.7. The van der Waals surface area contributed by atoms with E-state index in [2.05, 4.69) is 15.6 Å². The Kier molecular flexibility index (Phi) is 7.61. The lowest BCUT2D eigenvalue weighted by molar-refractivity contribution is -0.133. The van der Waals surface area contributed by atoms with Crippen LogP contribution in [0.5, 0.6) is 0 Å². The van der Waals surface area contributed by atoms with Crippen LogP contribution in [-0.2, 0) is 24.4 Å². The Labute approximate surface area is 217 Å². The van der Waals surface area contributed by atoms with Crippen LogP contribution in [0.25, 0.3) is 0 Å². The van der Waals surface area contributed by atoms with Crippen molar-refractivity contribution < 1.29 is 14.4 Å². The van der Waals surface area contributed by atoms with E-state index in [4.69, 9.17) is 0 Å². The second kappa shape index (κ2) is 10.9. The van der Waals surface area contributed by atoms with E-state index in [-0.39, 0.29) is 29.7 Å². The second-order valence-electron chi connectivity index (χ2n) is 9.71. The first-order valence-corrected chi connectivity index (χ1v) is 12.5. The van der Waals surface area contributed by atoms with Gasteiger partial charge in [-0.1, -0.05) is 49.4 Å². The van der Waals surface area contributed by atoms with Crippen LogP contribution in [0.15, 0.2) is 60.9 Å². The van der Waals surface area contributed by atoms with Crippen molar-refractivity contribution in [2.24, 2.45) is 0 Å². The zero-order chi connectivity index (χ0) is 26.6. The van der Waals surface area contributed by atoms with E-state index >= 15 is 0 Å². The number of hydrogen-bond acceptors (Lipinski definition) is 5. The van der Waals surface area contributed by atoms with E-state index in [0.29, 0.717) is 26.1 Å². The zero-order valence-electron chi connectivity index (χ0n) is 21.8. The fourth-order valence-electron chi connectivity index (χ4n) is 4.57. The molecule has 0 aliphatic carbocycles. The Balaban J connectivity index is 1.51. The van der Waals surface area contributed by atoms with Crippen molar-refractivity contribution in [3.05, 3.63) is 83.4 Å².